The summed E-state index contributed by atoms with van der Waals surface area (Å²) in [6.45, 7) is 5.28. The van der Waals surface area contributed by atoms with Crippen molar-refractivity contribution < 1.29 is 63.0 Å². The molecule has 7 nitrogen and oxygen atoms in total. The van der Waals surface area contributed by atoms with Crippen LogP contribution in [0.4, 0.5) is 0 Å². The van der Waals surface area contributed by atoms with Gasteiger partial charge < -0.3 is 10.9 Å². The fourth-order valence-corrected chi connectivity index (χ4v) is 2.73. The van der Waals surface area contributed by atoms with E-state index in [1.807, 2.05) is 6.92 Å². The summed E-state index contributed by atoms with van der Waals surface area (Å²) in [4.78, 5) is 24.0. The Labute approximate surface area is 181 Å². The predicted molar refractivity (Wildman–Crippen MR) is 95.9 cm³/mol. The first kappa shape index (κ1) is 28.1. The molecule has 150 valence electrons. The van der Waals surface area contributed by atoms with Gasteiger partial charge in [-0.1, -0.05) is 52.4 Å². The molecule has 0 aliphatic heterocycles. The summed E-state index contributed by atoms with van der Waals surface area (Å²) < 4.78 is 40.2. The van der Waals surface area contributed by atoms with E-state index in [0.29, 0.717) is 12.8 Å². The Hall–Kier alpha value is -0.150. The number of rotatable bonds is 14. The van der Waals surface area contributed by atoms with Crippen LogP contribution in [-0.2, 0) is 29.2 Å². The SMILES string of the molecule is CCCCCCOC(=O)CC(C)(C(=O)OCCCCCC)S(=O)(=O)O.[H-].[Na+]. The molecule has 0 spiro atoms. The smallest absolute Gasteiger partial charge is 1.00 e. The molecule has 0 saturated carbocycles. The molecule has 0 bridgehead atoms. The third-order valence-corrected chi connectivity index (χ3v) is 5.42. The summed E-state index contributed by atoms with van der Waals surface area (Å²) in [5.74, 6) is -1.98. The quantitative estimate of drug-likeness (QED) is 0.193. The van der Waals surface area contributed by atoms with Gasteiger partial charge in [-0.3, -0.25) is 14.1 Å². The van der Waals surface area contributed by atoms with E-state index in [9.17, 15) is 22.6 Å². The summed E-state index contributed by atoms with van der Waals surface area (Å²) in [5.41, 5.74) is 0. The maximum Gasteiger partial charge on any atom is 1.00 e. The van der Waals surface area contributed by atoms with Gasteiger partial charge in [0.25, 0.3) is 10.1 Å². The van der Waals surface area contributed by atoms with Gasteiger partial charge in [0.2, 0.25) is 4.75 Å². The number of unbranched alkanes of at least 4 members (excludes halogenated alkanes) is 6. The molecule has 0 aromatic rings. The van der Waals surface area contributed by atoms with Crippen molar-refractivity contribution in [2.75, 3.05) is 13.2 Å². The second kappa shape index (κ2) is 14.9. The maximum atomic E-state index is 12.1. The van der Waals surface area contributed by atoms with Gasteiger partial charge in [0.1, 0.15) is 0 Å². The first-order valence-corrected chi connectivity index (χ1v) is 10.4. The van der Waals surface area contributed by atoms with Crippen LogP contribution < -0.4 is 29.6 Å². The first-order valence-electron chi connectivity index (χ1n) is 8.99. The molecular formula is C17H33NaO7S. The Kier molecular flexibility index (Phi) is 16.0. The normalized spacial score (nSPS) is 13.4. The van der Waals surface area contributed by atoms with Crippen molar-refractivity contribution >= 4 is 22.1 Å². The number of carbonyl (C=O) groups excluding carboxylic acids is 2. The number of hydrogen-bond donors (Lipinski definition) is 1. The molecule has 0 aromatic heterocycles. The monoisotopic (exact) mass is 404 g/mol. The molecule has 0 amide bonds. The van der Waals surface area contributed by atoms with E-state index >= 15 is 0 Å². The van der Waals surface area contributed by atoms with E-state index < -0.39 is 33.2 Å². The van der Waals surface area contributed by atoms with Gasteiger partial charge in [-0.2, -0.15) is 8.42 Å². The van der Waals surface area contributed by atoms with Crippen LogP contribution in [0.5, 0.6) is 0 Å². The van der Waals surface area contributed by atoms with Crippen LogP contribution in [0.1, 0.15) is 80.0 Å². The van der Waals surface area contributed by atoms with Gasteiger partial charge in [-0.25, -0.2) is 0 Å². The summed E-state index contributed by atoms with van der Waals surface area (Å²) in [5, 5.41) is 0. The molecule has 0 fully saturated rings. The van der Waals surface area contributed by atoms with Gasteiger partial charge in [-0.15, -0.1) is 0 Å². The van der Waals surface area contributed by atoms with Crippen molar-refractivity contribution in [1.82, 2.24) is 0 Å². The minimum Gasteiger partial charge on any atom is -1.00 e. The van der Waals surface area contributed by atoms with Crippen LogP contribution in [0, 0.1) is 0 Å². The van der Waals surface area contributed by atoms with E-state index in [-0.39, 0.29) is 44.2 Å². The molecule has 0 heterocycles. The van der Waals surface area contributed by atoms with Gasteiger partial charge in [0.05, 0.1) is 19.6 Å². The largest absolute Gasteiger partial charge is 1.00 e. The van der Waals surface area contributed by atoms with Crippen molar-refractivity contribution in [3.8, 4) is 0 Å². The van der Waals surface area contributed by atoms with E-state index in [1.165, 1.54) is 0 Å². The van der Waals surface area contributed by atoms with Crippen LogP contribution in [-0.4, -0.2) is 42.9 Å². The molecule has 0 saturated heterocycles. The average molecular weight is 405 g/mol. The molecule has 0 aliphatic rings. The van der Waals surface area contributed by atoms with Crippen molar-refractivity contribution in [2.45, 2.75) is 83.3 Å². The Balaban J connectivity index is -0.00000288. The molecule has 0 aromatic carbocycles. The van der Waals surface area contributed by atoms with Crippen molar-refractivity contribution in [3.05, 3.63) is 0 Å². The van der Waals surface area contributed by atoms with E-state index in [2.05, 4.69) is 6.92 Å². The third-order valence-electron chi connectivity index (χ3n) is 3.97. The fraction of sp³-hybridized carbons (Fsp3) is 0.882. The molecule has 1 atom stereocenters. The molecule has 26 heavy (non-hydrogen) atoms. The van der Waals surface area contributed by atoms with Crippen molar-refractivity contribution in [3.63, 3.8) is 0 Å². The van der Waals surface area contributed by atoms with Crippen LogP contribution >= 0.6 is 0 Å². The van der Waals surface area contributed by atoms with Gasteiger partial charge in [-0.05, 0) is 19.8 Å². The molecule has 0 aliphatic carbocycles. The Bertz CT molecular complexity index is 513. The number of esters is 2. The van der Waals surface area contributed by atoms with Crippen LogP contribution in [0.3, 0.4) is 0 Å². The zero-order valence-corrected chi connectivity index (χ0v) is 19.4. The van der Waals surface area contributed by atoms with Gasteiger partial charge in [0, 0.05) is 0 Å². The minimum atomic E-state index is -4.82. The van der Waals surface area contributed by atoms with Gasteiger partial charge >= 0.3 is 41.5 Å². The Morgan fingerprint density at radius 2 is 1.38 bits per heavy atom. The summed E-state index contributed by atoms with van der Waals surface area (Å²) in [6.07, 6.45) is 6.31. The Morgan fingerprint density at radius 3 is 1.81 bits per heavy atom. The summed E-state index contributed by atoms with van der Waals surface area (Å²) in [6, 6.07) is 0. The maximum absolute atomic E-state index is 12.1. The van der Waals surface area contributed by atoms with Crippen LogP contribution in [0.2, 0.25) is 0 Å². The zero-order chi connectivity index (χ0) is 19.3. The Morgan fingerprint density at radius 1 is 0.923 bits per heavy atom. The number of carbonyl (C=O) groups is 2. The zero-order valence-electron chi connectivity index (χ0n) is 17.6. The molecule has 1 unspecified atom stereocenters. The molecule has 0 rings (SSSR count). The van der Waals surface area contributed by atoms with Crippen molar-refractivity contribution in [1.29, 1.82) is 0 Å². The topological polar surface area (TPSA) is 107 Å². The molecule has 1 N–H and O–H groups in total. The van der Waals surface area contributed by atoms with Gasteiger partial charge in [0.15, 0.2) is 0 Å². The van der Waals surface area contributed by atoms with E-state index in [0.717, 1.165) is 45.4 Å². The first-order chi connectivity index (χ1) is 11.7. The molecule has 9 heteroatoms. The van der Waals surface area contributed by atoms with Crippen LogP contribution in [0.15, 0.2) is 0 Å². The molecular weight excluding hydrogens is 371 g/mol. The number of hydrogen-bond acceptors (Lipinski definition) is 6. The van der Waals surface area contributed by atoms with E-state index in [1.54, 1.807) is 0 Å². The molecule has 0 radical (unpaired) electrons. The third kappa shape index (κ3) is 10.9. The van der Waals surface area contributed by atoms with E-state index in [4.69, 9.17) is 9.47 Å². The summed E-state index contributed by atoms with van der Waals surface area (Å²) >= 11 is 0. The standard InChI is InChI=1S/C17H32O7S.Na.H/c1-4-6-8-10-12-23-15(18)14-17(3,25(20,21)22)16(19)24-13-11-9-7-5-2;;/h4-14H2,1-3H3,(H,20,21,22);;/q;+1;-1. The predicted octanol–water partition coefficient (Wildman–Crippen LogP) is 0.387. The fourth-order valence-electron chi connectivity index (χ4n) is 2.16. The second-order valence-electron chi connectivity index (χ2n) is 6.36. The van der Waals surface area contributed by atoms with Crippen LogP contribution in [0.25, 0.3) is 0 Å². The second-order valence-corrected chi connectivity index (χ2v) is 8.21. The average Bonchev–Trinajstić information content (AvgIpc) is 2.53. The van der Waals surface area contributed by atoms with Crippen molar-refractivity contribution in [2.24, 2.45) is 0 Å². The summed E-state index contributed by atoms with van der Waals surface area (Å²) in [7, 11) is -4.82. The number of ether oxygens (including phenoxy) is 2. The minimum absolute atomic E-state index is 0.